The molecule has 0 bridgehead atoms. The van der Waals surface area contributed by atoms with Crippen LogP contribution >= 0.6 is 0 Å². The van der Waals surface area contributed by atoms with Gasteiger partial charge in [0.25, 0.3) is 0 Å². The van der Waals surface area contributed by atoms with Gasteiger partial charge in [-0.2, -0.15) is 0 Å². The third kappa shape index (κ3) is 2.18. The normalized spacial score (nSPS) is 11.1. The van der Waals surface area contributed by atoms with Gasteiger partial charge in [-0.05, 0) is 24.1 Å². The predicted octanol–water partition coefficient (Wildman–Crippen LogP) is 2.63. The third-order valence-electron chi connectivity index (χ3n) is 2.48. The van der Waals surface area contributed by atoms with E-state index in [1.165, 1.54) is 0 Å². The molecule has 0 aliphatic heterocycles. The van der Waals surface area contributed by atoms with Crippen molar-refractivity contribution in [3.05, 3.63) is 29.7 Å². The SMILES string of the molecule is CCCCc1nc2cc(CN)ccc2o1. The van der Waals surface area contributed by atoms with Crippen LogP contribution in [-0.2, 0) is 13.0 Å². The average molecular weight is 204 g/mol. The van der Waals surface area contributed by atoms with Crippen molar-refractivity contribution in [2.75, 3.05) is 0 Å². The van der Waals surface area contributed by atoms with Gasteiger partial charge in [0.05, 0.1) is 0 Å². The number of oxazole rings is 1. The highest BCUT2D eigenvalue weighted by atomic mass is 16.3. The van der Waals surface area contributed by atoms with Crippen molar-refractivity contribution in [1.29, 1.82) is 0 Å². The van der Waals surface area contributed by atoms with Crippen molar-refractivity contribution in [3.63, 3.8) is 0 Å². The fourth-order valence-corrected chi connectivity index (χ4v) is 1.58. The first-order chi connectivity index (χ1) is 7.33. The van der Waals surface area contributed by atoms with E-state index in [1.54, 1.807) is 0 Å². The summed E-state index contributed by atoms with van der Waals surface area (Å²) >= 11 is 0. The molecule has 1 heterocycles. The molecule has 0 aliphatic carbocycles. The summed E-state index contributed by atoms with van der Waals surface area (Å²) in [5.41, 5.74) is 8.44. The van der Waals surface area contributed by atoms with E-state index in [1.807, 2.05) is 18.2 Å². The van der Waals surface area contributed by atoms with Crippen LogP contribution in [-0.4, -0.2) is 4.98 Å². The van der Waals surface area contributed by atoms with Crippen molar-refractivity contribution >= 4 is 11.1 Å². The number of fused-ring (bicyclic) bond motifs is 1. The molecule has 80 valence electrons. The van der Waals surface area contributed by atoms with Gasteiger partial charge >= 0.3 is 0 Å². The summed E-state index contributed by atoms with van der Waals surface area (Å²) in [4.78, 5) is 4.44. The molecule has 0 radical (unpaired) electrons. The molecule has 0 fully saturated rings. The average Bonchev–Trinajstić information content (AvgIpc) is 2.67. The Balaban J connectivity index is 2.29. The molecule has 15 heavy (non-hydrogen) atoms. The summed E-state index contributed by atoms with van der Waals surface area (Å²) in [5, 5.41) is 0. The van der Waals surface area contributed by atoms with Crippen LogP contribution in [0.4, 0.5) is 0 Å². The van der Waals surface area contributed by atoms with Crippen molar-refractivity contribution in [3.8, 4) is 0 Å². The Morgan fingerprint density at radius 3 is 3.00 bits per heavy atom. The topological polar surface area (TPSA) is 52.0 Å². The fourth-order valence-electron chi connectivity index (χ4n) is 1.58. The Morgan fingerprint density at radius 1 is 1.40 bits per heavy atom. The van der Waals surface area contributed by atoms with Gasteiger partial charge < -0.3 is 10.2 Å². The minimum atomic E-state index is 0.549. The number of aromatic nitrogens is 1. The number of benzene rings is 1. The largest absolute Gasteiger partial charge is 0.441 e. The van der Waals surface area contributed by atoms with E-state index >= 15 is 0 Å². The molecule has 0 atom stereocenters. The summed E-state index contributed by atoms with van der Waals surface area (Å²) in [5.74, 6) is 0.834. The van der Waals surface area contributed by atoms with Crippen LogP contribution in [0, 0.1) is 0 Å². The molecular weight excluding hydrogens is 188 g/mol. The van der Waals surface area contributed by atoms with Crippen molar-refractivity contribution in [2.24, 2.45) is 5.73 Å². The molecule has 0 aliphatic rings. The lowest BCUT2D eigenvalue weighted by Gasteiger charge is -1.92. The lowest BCUT2D eigenvalue weighted by atomic mass is 10.2. The lowest BCUT2D eigenvalue weighted by molar-refractivity contribution is 0.517. The van der Waals surface area contributed by atoms with Crippen molar-refractivity contribution in [1.82, 2.24) is 4.98 Å². The molecule has 1 aromatic carbocycles. The van der Waals surface area contributed by atoms with Gasteiger partial charge in [0.15, 0.2) is 11.5 Å². The second-order valence-corrected chi connectivity index (χ2v) is 3.72. The van der Waals surface area contributed by atoms with Crippen LogP contribution in [0.3, 0.4) is 0 Å². The van der Waals surface area contributed by atoms with E-state index in [2.05, 4.69) is 11.9 Å². The van der Waals surface area contributed by atoms with Gasteiger partial charge in [-0.15, -0.1) is 0 Å². The number of aryl methyl sites for hydroxylation is 1. The Morgan fingerprint density at radius 2 is 2.27 bits per heavy atom. The standard InChI is InChI=1S/C12H16N2O/c1-2-3-4-12-14-10-7-9(8-13)5-6-11(10)15-12/h5-7H,2-4,8,13H2,1H3. The zero-order valence-electron chi connectivity index (χ0n) is 8.99. The summed E-state index contributed by atoms with van der Waals surface area (Å²) in [6, 6.07) is 5.92. The molecular formula is C12H16N2O. The van der Waals surface area contributed by atoms with Gasteiger partial charge in [0.1, 0.15) is 5.52 Å². The predicted molar refractivity (Wildman–Crippen MR) is 60.5 cm³/mol. The minimum absolute atomic E-state index is 0.549. The summed E-state index contributed by atoms with van der Waals surface area (Å²) < 4.78 is 5.62. The van der Waals surface area contributed by atoms with E-state index in [0.717, 1.165) is 41.8 Å². The van der Waals surface area contributed by atoms with E-state index in [-0.39, 0.29) is 0 Å². The number of hydrogen-bond donors (Lipinski definition) is 1. The maximum atomic E-state index is 5.62. The van der Waals surface area contributed by atoms with Gasteiger partial charge in [-0.1, -0.05) is 19.4 Å². The number of unbranched alkanes of at least 4 members (excludes halogenated alkanes) is 1. The van der Waals surface area contributed by atoms with Crippen LogP contribution in [0.5, 0.6) is 0 Å². The second kappa shape index (κ2) is 4.45. The molecule has 0 spiro atoms. The molecule has 0 amide bonds. The van der Waals surface area contributed by atoms with Crippen LogP contribution in [0.15, 0.2) is 22.6 Å². The summed E-state index contributed by atoms with van der Waals surface area (Å²) in [6.45, 7) is 2.71. The van der Waals surface area contributed by atoms with E-state index < -0.39 is 0 Å². The maximum Gasteiger partial charge on any atom is 0.195 e. The Kier molecular flexibility index (Phi) is 3.02. The number of nitrogens with two attached hydrogens (primary N) is 1. The van der Waals surface area contributed by atoms with Crippen LogP contribution in [0.1, 0.15) is 31.2 Å². The minimum Gasteiger partial charge on any atom is -0.441 e. The highest BCUT2D eigenvalue weighted by Gasteiger charge is 2.05. The lowest BCUT2D eigenvalue weighted by Crippen LogP contribution is -1.94. The third-order valence-corrected chi connectivity index (χ3v) is 2.48. The summed E-state index contributed by atoms with van der Waals surface area (Å²) in [7, 11) is 0. The number of hydrogen-bond acceptors (Lipinski definition) is 3. The Hall–Kier alpha value is -1.35. The first-order valence-corrected chi connectivity index (χ1v) is 5.42. The highest BCUT2D eigenvalue weighted by Crippen LogP contribution is 2.18. The second-order valence-electron chi connectivity index (χ2n) is 3.72. The molecule has 3 heteroatoms. The highest BCUT2D eigenvalue weighted by molar-refractivity contribution is 5.73. The first-order valence-electron chi connectivity index (χ1n) is 5.42. The monoisotopic (exact) mass is 204 g/mol. The van der Waals surface area contributed by atoms with Gasteiger partial charge in [0.2, 0.25) is 0 Å². The fraction of sp³-hybridized carbons (Fsp3) is 0.417. The number of rotatable bonds is 4. The zero-order valence-corrected chi connectivity index (χ0v) is 8.99. The van der Waals surface area contributed by atoms with Crippen molar-refractivity contribution in [2.45, 2.75) is 32.7 Å². The molecule has 2 aromatic rings. The van der Waals surface area contributed by atoms with E-state index in [4.69, 9.17) is 10.2 Å². The van der Waals surface area contributed by atoms with Gasteiger partial charge in [0, 0.05) is 13.0 Å². The maximum absolute atomic E-state index is 5.62. The Bertz CT molecular complexity index is 448. The van der Waals surface area contributed by atoms with Crippen LogP contribution in [0.25, 0.3) is 11.1 Å². The van der Waals surface area contributed by atoms with Crippen LogP contribution in [0.2, 0.25) is 0 Å². The summed E-state index contributed by atoms with van der Waals surface area (Å²) in [6.07, 6.45) is 3.20. The van der Waals surface area contributed by atoms with Crippen LogP contribution < -0.4 is 5.73 Å². The molecule has 0 saturated heterocycles. The van der Waals surface area contributed by atoms with E-state index in [9.17, 15) is 0 Å². The number of nitrogens with zero attached hydrogens (tertiary/aromatic N) is 1. The van der Waals surface area contributed by atoms with Gasteiger partial charge in [-0.3, -0.25) is 0 Å². The quantitative estimate of drug-likeness (QED) is 0.832. The molecule has 3 nitrogen and oxygen atoms in total. The molecule has 1 aromatic heterocycles. The Labute approximate surface area is 89.3 Å². The molecule has 0 unspecified atom stereocenters. The smallest absolute Gasteiger partial charge is 0.195 e. The molecule has 0 saturated carbocycles. The van der Waals surface area contributed by atoms with Gasteiger partial charge in [-0.25, -0.2) is 4.98 Å². The molecule has 2 rings (SSSR count). The first kappa shape index (κ1) is 10.2. The zero-order chi connectivity index (χ0) is 10.7. The molecule has 2 N–H and O–H groups in total. The van der Waals surface area contributed by atoms with Crippen molar-refractivity contribution < 1.29 is 4.42 Å². The van der Waals surface area contributed by atoms with E-state index in [0.29, 0.717) is 6.54 Å².